The molecule has 12 nitrogen and oxygen atoms in total. The predicted molar refractivity (Wildman–Crippen MR) is 128 cm³/mol. The number of hydrogen-bond acceptors (Lipinski definition) is 9. The van der Waals surface area contributed by atoms with Gasteiger partial charge in [0.25, 0.3) is 5.91 Å². The van der Waals surface area contributed by atoms with Crippen molar-refractivity contribution < 1.29 is 29.7 Å². The summed E-state index contributed by atoms with van der Waals surface area (Å²) in [5.41, 5.74) is 0.638. The normalized spacial score (nSPS) is 15.9. The van der Waals surface area contributed by atoms with Crippen LogP contribution in [0.5, 0.6) is 5.75 Å². The third kappa shape index (κ3) is 7.44. The summed E-state index contributed by atoms with van der Waals surface area (Å²) in [7, 11) is 0. The molecule has 2 atom stereocenters. The van der Waals surface area contributed by atoms with Gasteiger partial charge in [0, 0.05) is 23.3 Å². The van der Waals surface area contributed by atoms with E-state index in [1.54, 1.807) is 0 Å². The number of hydrogen-bond donors (Lipinski definition) is 7. The highest BCUT2D eigenvalue weighted by molar-refractivity contribution is 6.35. The number of aliphatic hydroxyl groups is 1. The highest BCUT2D eigenvalue weighted by atomic mass is 35.5. The zero-order valence-electron chi connectivity index (χ0n) is 18.1. The molecule has 0 spiro atoms. The van der Waals surface area contributed by atoms with Crippen LogP contribution in [0, 0.1) is 0 Å². The van der Waals surface area contributed by atoms with E-state index in [0.29, 0.717) is 18.2 Å². The average Bonchev–Trinajstić information content (AvgIpc) is 2.81. The second kappa shape index (κ2) is 11.7. The number of carboxylic acids is 1. The van der Waals surface area contributed by atoms with Crippen LogP contribution in [0.4, 0.5) is 5.69 Å². The summed E-state index contributed by atoms with van der Waals surface area (Å²) in [6.07, 6.45) is 1.64. The first-order valence-corrected chi connectivity index (χ1v) is 11.0. The van der Waals surface area contributed by atoms with Crippen molar-refractivity contribution in [3.8, 4) is 5.75 Å². The van der Waals surface area contributed by atoms with Gasteiger partial charge in [-0.2, -0.15) is 0 Å². The quantitative estimate of drug-likeness (QED) is 0.263. The number of anilines is 1. The number of amides is 2. The van der Waals surface area contributed by atoms with Gasteiger partial charge in [-0.05, 0) is 18.2 Å². The summed E-state index contributed by atoms with van der Waals surface area (Å²) in [6.45, 7) is 0.0878. The minimum Gasteiger partial charge on any atom is -0.506 e. The molecule has 3 rings (SSSR count). The molecule has 2 amide bonds. The molecule has 35 heavy (non-hydrogen) atoms. The topological polar surface area (TPSA) is 185 Å². The SMILES string of the molecule is O=C(O)CC(NC(=O)CNC(=O)c1cncc(NC2=NCC(O)CN2)c1)c1cc(Cl)cc(Cl)c1O. The van der Waals surface area contributed by atoms with Crippen molar-refractivity contribution in [2.75, 3.05) is 25.0 Å². The number of phenols is 1. The molecule has 1 aromatic carbocycles. The zero-order chi connectivity index (χ0) is 25.5. The van der Waals surface area contributed by atoms with Crippen molar-refractivity contribution in [1.82, 2.24) is 20.9 Å². The maximum atomic E-state index is 12.5. The molecule has 2 heterocycles. The first kappa shape index (κ1) is 26.0. The van der Waals surface area contributed by atoms with Crippen LogP contribution in [0.25, 0.3) is 0 Å². The number of carbonyl (C=O) groups excluding carboxylic acids is 2. The largest absolute Gasteiger partial charge is 0.506 e. The van der Waals surface area contributed by atoms with E-state index < -0.39 is 48.6 Å². The molecule has 0 aliphatic carbocycles. The first-order chi connectivity index (χ1) is 16.6. The molecule has 186 valence electrons. The van der Waals surface area contributed by atoms with E-state index in [2.05, 4.69) is 31.2 Å². The van der Waals surface area contributed by atoms with Gasteiger partial charge in [0.1, 0.15) is 5.75 Å². The standard InChI is InChI=1S/C21H22Cl2N6O6/c22-11-2-14(19(34)15(23)3-11)16(4-18(32)33)29-17(31)9-25-20(35)10-1-12(6-24-5-10)28-21-26-7-13(30)8-27-21/h1-3,5-6,13,16,30,34H,4,7-9H2,(H,25,35)(H,29,31)(H,32,33)(H2,26,27,28). The number of aliphatic imine (C=N–C) groups is 1. The molecule has 2 unspecified atom stereocenters. The maximum Gasteiger partial charge on any atom is 0.305 e. The van der Waals surface area contributed by atoms with Gasteiger partial charge < -0.3 is 36.6 Å². The van der Waals surface area contributed by atoms with Crippen molar-refractivity contribution in [1.29, 1.82) is 0 Å². The molecule has 0 radical (unpaired) electrons. The molecule has 0 fully saturated rings. The van der Waals surface area contributed by atoms with Crippen LogP contribution >= 0.6 is 23.2 Å². The average molecular weight is 525 g/mol. The number of aliphatic hydroxyl groups excluding tert-OH is 1. The van der Waals surface area contributed by atoms with Crippen molar-refractivity contribution >= 4 is 52.6 Å². The van der Waals surface area contributed by atoms with E-state index in [1.807, 2.05) is 0 Å². The molecule has 14 heteroatoms. The number of pyridine rings is 1. The zero-order valence-corrected chi connectivity index (χ0v) is 19.6. The number of benzene rings is 1. The van der Waals surface area contributed by atoms with Crippen LogP contribution in [0.15, 0.2) is 35.6 Å². The van der Waals surface area contributed by atoms with E-state index >= 15 is 0 Å². The molecule has 0 bridgehead atoms. The fourth-order valence-corrected chi connectivity index (χ4v) is 3.67. The first-order valence-electron chi connectivity index (χ1n) is 10.3. The molecule has 7 N–H and O–H groups in total. The molecule has 2 aromatic rings. The number of carbonyl (C=O) groups is 3. The summed E-state index contributed by atoms with van der Waals surface area (Å²) < 4.78 is 0. The van der Waals surface area contributed by atoms with Crippen molar-refractivity contribution in [2.24, 2.45) is 4.99 Å². The Morgan fingerprint density at radius 3 is 2.66 bits per heavy atom. The number of halogens is 2. The lowest BCUT2D eigenvalue weighted by atomic mass is 10.0. The minimum atomic E-state index is -1.24. The molecule has 1 aliphatic heterocycles. The van der Waals surface area contributed by atoms with E-state index in [0.717, 1.165) is 0 Å². The molecule has 1 aliphatic rings. The molecular weight excluding hydrogens is 503 g/mol. The number of guanidine groups is 1. The fourth-order valence-electron chi connectivity index (χ4n) is 3.16. The summed E-state index contributed by atoms with van der Waals surface area (Å²) in [5, 5.41) is 39.6. The van der Waals surface area contributed by atoms with Gasteiger partial charge in [0.2, 0.25) is 5.91 Å². The Bertz CT molecular complexity index is 1160. The second-order valence-electron chi connectivity index (χ2n) is 7.54. The number of aromatic nitrogens is 1. The summed E-state index contributed by atoms with van der Waals surface area (Å²) in [6, 6.07) is 2.92. The van der Waals surface area contributed by atoms with Gasteiger partial charge in [0.05, 0.1) is 54.1 Å². The fraction of sp³-hybridized carbons (Fsp3) is 0.286. The number of aromatic hydroxyl groups is 1. The number of nitrogens with zero attached hydrogens (tertiary/aromatic N) is 2. The van der Waals surface area contributed by atoms with Crippen LogP contribution in [0.2, 0.25) is 10.0 Å². The highest BCUT2D eigenvalue weighted by Gasteiger charge is 2.23. The number of β-amino-alcohol motifs (C(OH)–C–C–N with tert-alkyl or cyclic N) is 1. The van der Waals surface area contributed by atoms with Gasteiger partial charge in [-0.1, -0.05) is 23.2 Å². The molecule has 0 saturated carbocycles. The van der Waals surface area contributed by atoms with Crippen molar-refractivity contribution in [3.63, 3.8) is 0 Å². The Morgan fingerprint density at radius 1 is 1.20 bits per heavy atom. The predicted octanol–water partition coefficient (Wildman–Crippen LogP) is 0.888. The molecule has 1 aromatic heterocycles. The number of aliphatic carboxylic acids is 1. The van der Waals surface area contributed by atoms with Crippen molar-refractivity contribution in [2.45, 2.75) is 18.6 Å². The monoisotopic (exact) mass is 524 g/mol. The number of rotatable bonds is 8. The Labute approximate surface area is 209 Å². The second-order valence-corrected chi connectivity index (χ2v) is 8.38. The highest BCUT2D eigenvalue weighted by Crippen LogP contribution is 2.36. The van der Waals surface area contributed by atoms with Gasteiger partial charge in [-0.3, -0.25) is 24.4 Å². The third-order valence-corrected chi connectivity index (χ3v) is 5.29. The van der Waals surface area contributed by atoms with Crippen LogP contribution in [-0.2, 0) is 9.59 Å². The van der Waals surface area contributed by atoms with Crippen LogP contribution in [0.3, 0.4) is 0 Å². The van der Waals surface area contributed by atoms with E-state index in [1.165, 1.54) is 30.6 Å². The lowest BCUT2D eigenvalue weighted by molar-refractivity contribution is -0.137. The number of phenolic OH excluding ortho intramolecular Hbond substituents is 1. The number of carboxylic acid groups (broad SMARTS) is 1. The molecular formula is C21H22Cl2N6O6. The summed E-state index contributed by atoms with van der Waals surface area (Å²) in [4.78, 5) is 44.3. The summed E-state index contributed by atoms with van der Waals surface area (Å²) >= 11 is 11.8. The van der Waals surface area contributed by atoms with Crippen LogP contribution in [-0.4, -0.2) is 69.8 Å². The Hall–Kier alpha value is -3.61. The number of nitrogens with one attached hydrogen (secondary N) is 4. The lowest BCUT2D eigenvalue weighted by Crippen LogP contribution is -2.42. The lowest BCUT2D eigenvalue weighted by Gasteiger charge is -2.20. The van der Waals surface area contributed by atoms with Gasteiger partial charge >= 0.3 is 5.97 Å². The van der Waals surface area contributed by atoms with Crippen molar-refractivity contribution in [3.05, 3.63) is 51.8 Å². The maximum absolute atomic E-state index is 12.5. The van der Waals surface area contributed by atoms with E-state index in [-0.39, 0.29) is 27.7 Å². The third-order valence-electron chi connectivity index (χ3n) is 4.78. The van der Waals surface area contributed by atoms with E-state index in [9.17, 15) is 29.7 Å². The summed E-state index contributed by atoms with van der Waals surface area (Å²) in [5.74, 6) is -2.54. The van der Waals surface area contributed by atoms with Gasteiger partial charge in [0.15, 0.2) is 5.96 Å². The molecule has 0 saturated heterocycles. The Balaban J connectivity index is 1.62. The smallest absolute Gasteiger partial charge is 0.305 e. The van der Waals surface area contributed by atoms with Gasteiger partial charge in [-0.25, -0.2) is 0 Å². The Morgan fingerprint density at radius 2 is 1.97 bits per heavy atom. The van der Waals surface area contributed by atoms with Crippen LogP contribution in [0.1, 0.15) is 28.4 Å². The van der Waals surface area contributed by atoms with Crippen LogP contribution < -0.4 is 21.3 Å². The van der Waals surface area contributed by atoms with Gasteiger partial charge in [-0.15, -0.1) is 0 Å². The van der Waals surface area contributed by atoms with E-state index in [4.69, 9.17) is 23.2 Å². The Kier molecular flexibility index (Phi) is 8.68. The minimum absolute atomic E-state index is 0.0271.